The van der Waals surface area contributed by atoms with Crippen molar-refractivity contribution < 1.29 is 22.7 Å². The molecule has 2 aromatic rings. The van der Waals surface area contributed by atoms with E-state index < -0.39 is 28.0 Å². The minimum absolute atomic E-state index is 0.0449. The Bertz CT molecular complexity index is 1080. The van der Waals surface area contributed by atoms with Gasteiger partial charge in [-0.25, -0.2) is 13.2 Å². The number of anilines is 3. The number of methoxy groups -OCH3 is 1. The second-order valence-electron chi connectivity index (χ2n) is 7.43. The zero-order chi connectivity index (χ0) is 23.3. The van der Waals surface area contributed by atoms with Crippen LogP contribution in [-0.2, 0) is 14.8 Å². The molecular formula is C21H27N5O5S. The lowest BCUT2D eigenvalue weighted by Gasteiger charge is -2.23. The Hall–Kier alpha value is -3.47. The molecule has 3 rings (SSSR count). The smallest absolute Gasteiger partial charge is 0.312 e. The van der Waals surface area contributed by atoms with E-state index >= 15 is 0 Å². The number of primary amides is 1. The van der Waals surface area contributed by atoms with E-state index in [2.05, 4.69) is 15.4 Å². The third-order valence-electron chi connectivity index (χ3n) is 5.06. The fourth-order valence-corrected chi connectivity index (χ4v) is 4.74. The number of nitrogens with zero attached hydrogens (tertiary/aromatic N) is 1. The molecule has 1 saturated heterocycles. The number of carbonyl (C=O) groups excluding carboxylic acids is 2. The molecule has 1 aliphatic rings. The number of benzene rings is 2. The van der Waals surface area contributed by atoms with Crippen LogP contribution in [0.4, 0.5) is 21.9 Å². The van der Waals surface area contributed by atoms with E-state index in [9.17, 15) is 18.0 Å². The molecule has 0 aromatic heterocycles. The standard InChI is InChI=1S/C21H27N5O5S/c1-14(23-21(22)28)20(27)24-16-7-10-18(26-11-3-4-12-26)19(13-16)32(29,30)25-15-5-8-17(31-2)9-6-15/h5-10,13-14,25H,3-4,11-12H2,1-2H3,(H,24,27)(H3,22,23,28)/t14-/m1/s1. The summed E-state index contributed by atoms with van der Waals surface area (Å²) in [5.41, 5.74) is 6.28. The van der Waals surface area contributed by atoms with E-state index in [0.29, 0.717) is 17.1 Å². The van der Waals surface area contributed by atoms with Crippen molar-refractivity contribution in [1.82, 2.24) is 5.32 Å². The molecular weight excluding hydrogens is 434 g/mol. The summed E-state index contributed by atoms with van der Waals surface area (Å²) in [4.78, 5) is 25.4. The molecule has 5 N–H and O–H groups in total. The number of nitrogens with two attached hydrogens (primary N) is 1. The van der Waals surface area contributed by atoms with Gasteiger partial charge < -0.3 is 26.0 Å². The third kappa shape index (κ3) is 5.61. The molecule has 0 unspecified atom stereocenters. The first-order valence-electron chi connectivity index (χ1n) is 10.1. The van der Waals surface area contributed by atoms with Crippen molar-refractivity contribution in [3.05, 3.63) is 42.5 Å². The van der Waals surface area contributed by atoms with Crippen LogP contribution in [0.1, 0.15) is 19.8 Å². The highest BCUT2D eigenvalue weighted by Crippen LogP contribution is 2.32. The molecule has 0 spiro atoms. The SMILES string of the molecule is COc1ccc(NS(=O)(=O)c2cc(NC(=O)[C@@H](C)NC(N)=O)ccc2N2CCCC2)cc1. The molecule has 1 atom stereocenters. The number of urea groups is 1. The average Bonchev–Trinajstić information content (AvgIpc) is 3.28. The van der Waals surface area contributed by atoms with Gasteiger partial charge in [0.15, 0.2) is 0 Å². The normalized spacial score (nSPS) is 14.5. The summed E-state index contributed by atoms with van der Waals surface area (Å²) in [6, 6.07) is 9.53. The monoisotopic (exact) mass is 461 g/mol. The van der Waals surface area contributed by atoms with Gasteiger partial charge in [-0.05, 0) is 62.2 Å². The summed E-state index contributed by atoms with van der Waals surface area (Å²) in [6.07, 6.45) is 1.94. The van der Waals surface area contributed by atoms with E-state index in [1.54, 1.807) is 36.4 Å². The summed E-state index contributed by atoms with van der Waals surface area (Å²) in [6.45, 7) is 2.97. The summed E-state index contributed by atoms with van der Waals surface area (Å²) < 4.78 is 34.3. The first-order valence-corrected chi connectivity index (χ1v) is 11.6. The molecule has 0 aliphatic carbocycles. The average molecular weight is 462 g/mol. The summed E-state index contributed by atoms with van der Waals surface area (Å²) in [5, 5.41) is 4.90. The van der Waals surface area contributed by atoms with Gasteiger partial charge in [-0.3, -0.25) is 9.52 Å². The van der Waals surface area contributed by atoms with Gasteiger partial charge in [-0.1, -0.05) is 0 Å². The van der Waals surface area contributed by atoms with Crippen LogP contribution in [0.5, 0.6) is 5.75 Å². The van der Waals surface area contributed by atoms with Crippen LogP contribution in [0.25, 0.3) is 0 Å². The molecule has 2 aromatic carbocycles. The maximum Gasteiger partial charge on any atom is 0.312 e. The fraction of sp³-hybridized carbons (Fsp3) is 0.333. The van der Waals surface area contributed by atoms with Crippen LogP contribution in [0, 0.1) is 0 Å². The summed E-state index contributed by atoms with van der Waals surface area (Å²) >= 11 is 0. The highest BCUT2D eigenvalue weighted by molar-refractivity contribution is 7.92. The van der Waals surface area contributed by atoms with Gasteiger partial charge in [-0.15, -0.1) is 0 Å². The van der Waals surface area contributed by atoms with Crippen molar-refractivity contribution in [2.24, 2.45) is 5.73 Å². The first-order chi connectivity index (χ1) is 15.2. The van der Waals surface area contributed by atoms with Crippen molar-refractivity contribution >= 4 is 39.0 Å². The Labute approximate surface area is 187 Å². The highest BCUT2D eigenvalue weighted by Gasteiger charge is 2.25. The lowest BCUT2D eigenvalue weighted by Crippen LogP contribution is -2.44. The van der Waals surface area contributed by atoms with Crippen LogP contribution in [-0.4, -0.2) is 46.6 Å². The number of ether oxygens (including phenoxy) is 1. The van der Waals surface area contributed by atoms with Crippen LogP contribution in [0.15, 0.2) is 47.4 Å². The molecule has 10 nitrogen and oxygen atoms in total. The fourth-order valence-electron chi connectivity index (χ4n) is 3.43. The van der Waals surface area contributed by atoms with Gasteiger partial charge >= 0.3 is 6.03 Å². The minimum atomic E-state index is -3.97. The zero-order valence-electron chi connectivity index (χ0n) is 17.9. The maximum atomic E-state index is 13.3. The van der Waals surface area contributed by atoms with Gasteiger partial charge in [0, 0.05) is 24.5 Å². The van der Waals surface area contributed by atoms with Crippen molar-refractivity contribution in [2.45, 2.75) is 30.7 Å². The molecule has 1 heterocycles. The maximum absolute atomic E-state index is 13.3. The van der Waals surface area contributed by atoms with E-state index in [-0.39, 0.29) is 10.6 Å². The van der Waals surface area contributed by atoms with E-state index in [4.69, 9.17) is 10.5 Å². The second-order valence-corrected chi connectivity index (χ2v) is 9.08. The predicted molar refractivity (Wildman–Crippen MR) is 123 cm³/mol. The van der Waals surface area contributed by atoms with Crippen LogP contribution in [0.3, 0.4) is 0 Å². The Balaban J connectivity index is 1.91. The topological polar surface area (TPSA) is 143 Å². The highest BCUT2D eigenvalue weighted by atomic mass is 32.2. The molecule has 172 valence electrons. The van der Waals surface area contributed by atoms with E-state index in [1.807, 2.05) is 4.90 Å². The summed E-state index contributed by atoms with van der Waals surface area (Å²) in [5.74, 6) is 0.0817. The van der Waals surface area contributed by atoms with Crippen LogP contribution in [0.2, 0.25) is 0 Å². The first kappa shape index (κ1) is 23.2. The number of carbonyl (C=O) groups is 2. The van der Waals surface area contributed by atoms with Gasteiger partial charge in [-0.2, -0.15) is 0 Å². The van der Waals surface area contributed by atoms with Gasteiger partial charge in [0.2, 0.25) is 5.91 Å². The molecule has 1 fully saturated rings. The number of hydrogen-bond donors (Lipinski definition) is 4. The Morgan fingerprint density at radius 2 is 1.69 bits per heavy atom. The minimum Gasteiger partial charge on any atom is -0.497 e. The quantitative estimate of drug-likeness (QED) is 0.474. The third-order valence-corrected chi connectivity index (χ3v) is 6.47. The number of nitrogens with one attached hydrogen (secondary N) is 3. The van der Waals surface area contributed by atoms with Gasteiger partial charge in [0.1, 0.15) is 16.7 Å². The lowest BCUT2D eigenvalue weighted by atomic mass is 10.2. The van der Waals surface area contributed by atoms with Crippen molar-refractivity contribution in [2.75, 3.05) is 35.1 Å². The molecule has 11 heteroatoms. The van der Waals surface area contributed by atoms with Crippen molar-refractivity contribution in [1.29, 1.82) is 0 Å². The van der Waals surface area contributed by atoms with Crippen LogP contribution >= 0.6 is 0 Å². The largest absolute Gasteiger partial charge is 0.497 e. The number of sulfonamides is 1. The van der Waals surface area contributed by atoms with Crippen molar-refractivity contribution in [3.8, 4) is 5.75 Å². The molecule has 1 aliphatic heterocycles. The Morgan fingerprint density at radius 3 is 2.28 bits per heavy atom. The van der Waals surface area contributed by atoms with E-state index in [0.717, 1.165) is 25.9 Å². The molecule has 32 heavy (non-hydrogen) atoms. The van der Waals surface area contributed by atoms with Gasteiger partial charge in [0.25, 0.3) is 10.0 Å². The van der Waals surface area contributed by atoms with Crippen LogP contribution < -0.4 is 30.7 Å². The lowest BCUT2D eigenvalue weighted by molar-refractivity contribution is -0.117. The number of hydrogen-bond acceptors (Lipinski definition) is 6. The Morgan fingerprint density at radius 1 is 1.06 bits per heavy atom. The Kier molecular flexibility index (Phi) is 7.08. The molecule has 0 saturated carbocycles. The summed E-state index contributed by atoms with van der Waals surface area (Å²) in [7, 11) is -2.44. The predicted octanol–water partition coefficient (Wildman–Crippen LogP) is 2.09. The number of amides is 3. The molecule has 0 bridgehead atoms. The number of rotatable bonds is 8. The van der Waals surface area contributed by atoms with Gasteiger partial charge in [0.05, 0.1) is 12.8 Å². The second kappa shape index (κ2) is 9.77. The molecule has 3 amide bonds. The zero-order valence-corrected chi connectivity index (χ0v) is 18.7. The molecule has 0 radical (unpaired) electrons. The van der Waals surface area contributed by atoms with Crippen molar-refractivity contribution in [3.63, 3.8) is 0 Å². The van der Waals surface area contributed by atoms with E-state index in [1.165, 1.54) is 20.1 Å².